The first-order valence-corrected chi connectivity index (χ1v) is 10.7. The first kappa shape index (κ1) is 21.0. The Bertz CT molecular complexity index is 1030. The van der Waals surface area contributed by atoms with Crippen LogP contribution in [0.5, 0.6) is 5.75 Å². The van der Waals surface area contributed by atoms with Gasteiger partial charge in [-0.15, -0.1) is 0 Å². The van der Waals surface area contributed by atoms with E-state index < -0.39 is 17.0 Å². The van der Waals surface area contributed by atoms with Crippen molar-refractivity contribution in [2.24, 2.45) is 5.73 Å². The molecule has 6 heteroatoms. The van der Waals surface area contributed by atoms with E-state index in [9.17, 15) is 8.78 Å². The molecule has 0 aliphatic heterocycles. The van der Waals surface area contributed by atoms with Gasteiger partial charge in [-0.25, -0.2) is 8.78 Å². The Kier molecular flexibility index (Phi) is 5.94. The standard InChI is InChI=1S/C24H25ClF2N2O/c1-2-23(28)24(17-11-18(26)13-19(27)12-17)6-3-20(4-7-24)30-22-10-15-5-8-29-14-16(15)9-21(22)25/h5,8-14,20,23H,2-4,6-7,28H2,1H3/t20-,23?,24+. The summed E-state index contributed by atoms with van der Waals surface area (Å²) in [4.78, 5) is 4.12. The van der Waals surface area contributed by atoms with Crippen LogP contribution in [0.15, 0.2) is 48.8 Å². The fourth-order valence-corrected chi connectivity index (χ4v) is 4.90. The summed E-state index contributed by atoms with van der Waals surface area (Å²) in [7, 11) is 0. The van der Waals surface area contributed by atoms with Gasteiger partial charge in [-0.2, -0.15) is 0 Å². The Hall–Kier alpha value is -2.24. The summed E-state index contributed by atoms with van der Waals surface area (Å²) in [6.07, 6.45) is 7.07. The third-order valence-electron chi connectivity index (χ3n) is 6.40. The lowest BCUT2D eigenvalue weighted by Gasteiger charge is -2.44. The highest BCUT2D eigenvalue weighted by atomic mass is 35.5. The number of halogens is 3. The lowest BCUT2D eigenvalue weighted by molar-refractivity contribution is 0.103. The number of pyridine rings is 1. The van der Waals surface area contributed by atoms with E-state index in [-0.39, 0.29) is 12.1 Å². The molecule has 1 aliphatic carbocycles. The van der Waals surface area contributed by atoms with Gasteiger partial charge in [0.1, 0.15) is 17.4 Å². The van der Waals surface area contributed by atoms with Crippen LogP contribution in [-0.2, 0) is 5.41 Å². The number of benzene rings is 2. The van der Waals surface area contributed by atoms with E-state index in [4.69, 9.17) is 22.1 Å². The minimum atomic E-state index is -0.566. The molecule has 1 aromatic heterocycles. The molecule has 2 aromatic carbocycles. The maximum Gasteiger partial charge on any atom is 0.138 e. The lowest BCUT2D eigenvalue weighted by Crippen LogP contribution is -2.49. The second-order valence-corrected chi connectivity index (χ2v) is 8.56. The molecule has 2 N–H and O–H groups in total. The Morgan fingerprint density at radius 2 is 1.83 bits per heavy atom. The zero-order valence-corrected chi connectivity index (χ0v) is 17.6. The number of rotatable bonds is 5. The van der Waals surface area contributed by atoms with Crippen molar-refractivity contribution < 1.29 is 13.5 Å². The van der Waals surface area contributed by atoms with E-state index in [1.54, 1.807) is 12.4 Å². The number of fused-ring (bicyclic) bond motifs is 1. The number of nitrogens with two attached hydrogens (primary N) is 1. The van der Waals surface area contributed by atoms with Crippen molar-refractivity contribution in [2.75, 3.05) is 0 Å². The molecule has 1 heterocycles. The molecule has 0 bridgehead atoms. The molecular formula is C24H25ClF2N2O. The number of hydrogen-bond donors (Lipinski definition) is 1. The van der Waals surface area contributed by atoms with Crippen molar-refractivity contribution in [3.05, 3.63) is 71.0 Å². The first-order valence-electron chi connectivity index (χ1n) is 10.3. The lowest BCUT2D eigenvalue weighted by atomic mass is 9.64. The van der Waals surface area contributed by atoms with Gasteiger partial charge in [-0.05, 0) is 73.4 Å². The van der Waals surface area contributed by atoms with Crippen LogP contribution in [0.2, 0.25) is 5.02 Å². The molecular weight excluding hydrogens is 406 g/mol. The summed E-state index contributed by atoms with van der Waals surface area (Å²) in [6, 6.07) is 9.28. The number of aromatic nitrogens is 1. The van der Waals surface area contributed by atoms with Crippen molar-refractivity contribution >= 4 is 22.4 Å². The molecule has 158 valence electrons. The van der Waals surface area contributed by atoms with E-state index in [1.807, 2.05) is 25.1 Å². The average molecular weight is 431 g/mol. The molecule has 3 nitrogen and oxygen atoms in total. The summed E-state index contributed by atoms with van der Waals surface area (Å²) in [5.41, 5.74) is 6.67. The fourth-order valence-electron chi connectivity index (χ4n) is 4.69. The first-order chi connectivity index (χ1) is 14.4. The average Bonchev–Trinajstić information content (AvgIpc) is 2.73. The van der Waals surface area contributed by atoms with E-state index in [2.05, 4.69) is 4.98 Å². The van der Waals surface area contributed by atoms with Crippen molar-refractivity contribution in [3.63, 3.8) is 0 Å². The predicted molar refractivity (Wildman–Crippen MR) is 116 cm³/mol. The second kappa shape index (κ2) is 8.48. The summed E-state index contributed by atoms with van der Waals surface area (Å²) in [5.74, 6) is -0.489. The minimum absolute atomic E-state index is 0.0302. The Labute approximate surface area is 180 Å². The zero-order valence-electron chi connectivity index (χ0n) is 16.9. The van der Waals surface area contributed by atoms with Crippen LogP contribution in [0.1, 0.15) is 44.6 Å². The summed E-state index contributed by atoms with van der Waals surface area (Å²) in [6.45, 7) is 2.01. The molecule has 0 amide bonds. The van der Waals surface area contributed by atoms with Crippen molar-refractivity contribution in [2.45, 2.75) is 56.6 Å². The van der Waals surface area contributed by atoms with Crippen LogP contribution in [0.3, 0.4) is 0 Å². The van der Waals surface area contributed by atoms with Gasteiger partial charge in [0.2, 0.25) is 0 Å². The van der Waals surface area contributed by atoms with Gasteiger partial charge in [0, 0.05) is 35.3 Å². The van der Waals surface area contributed by atoms with E-state index in [0.717, 1.165) is 36.1 Å². The highest BCUT2D eigenvalue weighted by Crippen LogP contribution is 2.44. The molecule has 0 spiro atoms. The van der Waals surface area contributed by atoms with Crippen molar-refractivity contribution in [1.82, 2.24) is 4.98 Å². The number of nitrogens with zero attached hydrogens (tertiary/aromatic N) is 1. The fraction of sp³-hybridized carbons (Fsp3) is 0.375. The monoisotopic (exact) mass is 430 g/mol. The molecule has 0 radical (unpaired) electrons. The number of ether oxygens (including phenoxy) is 1. The van der Waals surface area contributed by atoms with E-state index in [0.29, 0.717) is 29.2 Å². The molecule has 1 saturated carbocycles. The molecule has 1 aliphatic rings. The zero-order chi connectivity index (χ0) is 21.3. The van der Waals surface area contributed by atoms with Crippen molar-refractivity contribution in [1.29, 1.82) is 0 Å². The highest BCUT2D eigenvalue weighted by molar-refractivity contribution is 6.32. The number of hydrogen-bond acceptors (Lipinski definition) is 3. The van der Waals surface area contributed by atoms with Crippen molar-refractivity contribution in [3.8, 4) is 5.75 Å². The summed E-state index contributed by atoms with van der Waals surface area (Å²) >= 11 is 6.43. The molecule has 1 atom stereocenters. The Morgan fingerprint density at radius 3 is 2.50 bits per heavy atom. The highest BCUT2D eigenvalue weighted by Gasteiger charge is 2.42. The van der Waals surface area contributed by atoms with Gasteiger partial charge in [0.05, 0.1) is 11.1 Å². The summed E-state index contributed by atoms with van der Waals surface area (Å²) in [5, 5.41) is 2.52. The smallest absolute Gasteiger partial charge is 0.138 e. The van der Waals surface area contributed by atoms with Crippen LogP contribution in [0, 0.1) is 11.6 Å². The molecule has 1 fully saturated rings. The molecule has 3 aromatic rings. The predicted octanol–water partition coefficient (Wildman–Crippen LogP) is 6.16. The SMILES string of the molecule is CCC(N)[C@]1(c2cc(F)cc(F)c2)CC[C@H](Oc2cc3ccncc3cc2Cl)CC1. The minimum Gasteiger partial charge on any atom is -0.489 e. The molecule has 4 rings (SSSR count). The molecule has 1 unspecified atom stereocenters. The van der Waals surface area contributed by atoms with E-state index in [1.165, 1.54) is 12.1 Å². The maximum atomic E-state index is 13.9. The second-order valence-electron chi connectivity index (χ2n) is 8.15. The van der Waals surface area contributed by atoms with Gasteiger partial charge in [0.15, 0.2) is 0 Å². The van der Waals surface area contributed by atoms with Crippen LogP contribution in [0.25, 0.3) is 10.8 Å². The van der Waals surface area contributed by atoms with Crippen LogP contribution < -0.4 is 10.5 Å². The van der Waals surface area contributed by atoms with E-state index >= 15 is 0 Å². The third kappa shape index (κ3) is 4.01. The third-order valence-corrected chi connectivity index (χ3v) is 6.69. The quantitative estimate of drug-likeness (QED) is 0.527. The van der Waals surface area contributed by atoms with Gasteiger partial charge in [-0.3, -0.25) is 4.98 Å². The Balaban J connectivity index is 1.56. The van der Waals surface area contributed by atoms with Gasteiger partial charge < -0.3 is 10.5 Å². The molecule has 0 saturated heterocycles. The molecule has 30 heavy (non-hydrogen) atoms. The maximum absolute atomic E-state index is 13.9. The van der Waals surface area contributed by atoms with Gasteiger partial charge >= 0.3 is 0 Å². The van der Waals surface area contributed by atoms with Crippen LogP contribution >= 0.6 is 11.6 Å². The van der Waals surface area contributed by atoms with Gasteiger partial charge in [-0.1, -0.05) is 18.5 Å². The summed E-state index contributed by atoms with van der Waals surface area (Å²) < 4.78 is 34.1. The van der Waals surface area contributed by atoms with Gasteiger partial charge in [0.25, 0.3) is 0 Å². The largest absolute Gasteiger partial charge is 0.489 e. The van der Waals surface area contributed by atoms with Crippen LogP contribution in [0.4, 0.5) is 8.78 Å². The van der Waals surface area contributed by atoms with Crippen LogP contribution in [-0.4, -0.2) is 17.1 Å². The topological polar surface area (TPSA) is 48.1 Å². The normalized spacial score (nSPS) is 22.8. The Morgan fingerprint density at radius 1 is 1.13 bits per heavy atom.